The van der Waals surface area contributed by atoms with Crippen molar-refractivity contribution in [3.05, 3.63) is 48.6 Å². The first-order chi connectivity index (χ1) is 9.33. The van der Waals surface area contributed by atoms with E-state index in [1.807, 2.05) is 0 Å². The summed E-state index contributed by atoms with van der Waals surface area (Å²) in [5.41, 5.74) is -2.74. The van der Waals surface area contributed by atoms with Gasteiger partial charge in [-0.25, -0.2) is 4.79 Å². The summed E-state index contributed by atoms with van der Waals surface area (Å²) in [6.45, 7) is 2.88. The molecule has 0 spiro atoms. The molecule has 20 heavy (non-hydrogen) atoms. The van der Waals surface area contributed by atoms with Crippen LogP contribution in [0, 0.1) is 0 Å². The van der Waals surface area contributed by atoms with Gasteiger partial charge < -0.3 is 9.84 Å². The van der Waals surface area contributed by atoms with Crippen molar-refractivity contribution < 1.29 is 27.8 Å². The number of carbonyl (C=O) groups is 1. The monoisotopic (exact) mass is 288 g/mol. The van der Waals surface area contributed by atoms with Gasteiger partial charge in [0.05, 0.1) is 6.61 Å². The Morgan fingerprint density at radius 1 is 1.30 bits per heavy atom. The maximum atomic E-state index is 13.1. The Hall–Kier alpha value is -1.82. The molecule has 1 unspecified atom stereocenters. The summed E-state index contributed by atoms with van der Waals surface area (Å²) >= 11 is 0. The third kappa shape index (κ3) is 3.60. The van der Waals surface area contributed by atoms with Crippen LogP contribution in [0.25, 0.3) is 0 Å². The SMILES string of the molecule is C=CCCC(OCc1ccccc1)(C(=O)O)C(F)(F)F. The van der Waals surface area contributed by atoms with Gasteiger partial charge in [0.15, 0.2) is 0 Å². The van der Waals surface area contributed by atoms with Crippen LogP contribution in [0.4, 0.5) is 13.2 Å². The number of carboxylic acids is 1. The average Bonchev–Trinajstić information content (AvgIpc) is 2.38. The lowest BCUT2D eigenvalue weighted by molar-refractivity contribution is -0.280. The molecular formula is C14H15F3O3. The Labute approximate surface area is 114 Å². The Kier molecular flexibility index (Phi) is 5.33. The molecule has 0 fully saturated rings. The minimum Gasteiger partial charge on any atom is -0.479 e. The number of allylic oxidation sites excluding steroid dienone is 1. The van der Waals surface area contributed by atoms with Crippen molar-refractivity contribution >= 4 is 5.97 Å². The summed E-state index contributed by atoms with van der Waals surface area (Å²) in [7, 11) is 0. The number of aliphatic carboxylic acids is 1. The number of carboxylic acid groups (broad SMARTS) is 1. The third-order valence-electron chi connectivity index (χ3n) is 2.83. The molecule has 0 aliphatic carbocycles. The van der Waals surface area contributed by atoms with E-state index in [1.54, 1.807) is 30.3 Å². The van der Waals surface area contributed by atoms with E-state index in [1.165, 1.54) is 6.08 Å². The molecule has 1 atom stereocenters. The van der Waals surface area contributed by atoms with Crippen LogP contribution in [0.5, 0.6) is 0 Å². The maximum Gasteiger partial charge on any atom is 0.428 e. The summed E-state index contributed by atoms with van der Waals surface area (Å²) in [4.78, 5) is 11.1. The van der Waals surface area contributed by atoms with E-state index in [0.29, 0.717) is 5.56 Å². The molecule has 1 N–H and O–H groups in total. The van der Waals surface area contributed by atoms with Crippen molar-refractivity contribution in [1.29, 1.82) is 0 Å². The Bertz CT molecular complexity index is 456. The predicted molar refractivity (Wildman–Crippen MR) is 67.1 cm³/mol. The van der Waals surface area contributed by atoms with Crippen LogP contribution < -0.4 is 0 Å². The van der Waals surface area contributed by atoms with E-state index in [-0.39, 0.29) is 6.42 Å². The van der Waals surface area contributed by atoms with Crippen molar-refractivity contribution in [3.8, 4) is 0 Å². The quantitative estimate of drug-likeness (QED) is 0.780. The van der Waals surface area contributed by atoms with Gasteiger partial charge in [0.2, 0.25) is 0 Å². The van der Waals surface area contributed by atoms with Crippen LogP contribution in [0.2, 0.25) is 0 Å². The second-order valence-corrected chi connectivity index (χ2v) is 4.23. The Morgan fingerprint density at radius 3 is 2.35 bits per heavy atom. The van der Waals surface area contributed by atoms with Crippen molar-refractivity contribution in [3.63, 3.8) is 0 Å². The number of halogens is 3. The predicted octanol–water partition coefficient (Wildman–Crippen LogP) is 3.56. The van der Waals surface area contributed by atoms with Gasteiger partial charge in [-0.2, -0.15) is 13.2 Å². The van der Waals surface area contributed by atoms with Crippen LogP contribution >= 0.6 is 0 Å². The number of hydrogen-bond donors (Lipinski definition) is 1. The fourth-order valence-electron chi connectivity index (χ4n) is 1.67. The third-order valence-corrected chi connectivity index (χ3v) is 2.83. The molecule has 0 aliphatic heterocycles. The van der Waals surface area contributed by atoms with Crippen molar-refractivity contribution in [2.45, 2.75) is 31.2 Å². The van der Waals surface area contributed by atoms with Gasteiger partial charge in [-0.05, 0) is 18.4 Å². The Balaban J connectivity index is 2.97. The van der Waals surface area contributed by atoms with E-state index >= 15 is 0 Å². The molecule has 1 rings (SSSR count). The topological polar surface area (TPSA) is 46.5 Å². The molecule has 0 aromatic heterocycles. The highest BCUT2D eigenvalue weighted by molar-refractivity contribution is 5.78. The van der Waals surface area contributed by atoms with E-state index in [0.717, 1.165) is 0 Å². The highest BCUT2D eigenvalue weighted by Crippen LogP contribution is 2.38. The molecule has 1 aromatic rings. The van der Waals surface area contributed by atoms with Gasteiger partial charge >= 0.3 is 12.1 Å². The average molecular weight is 288 g/mol. The lowest BCUT2D eigenvalue weighted by Gasteiger charge is -2.31. The van der Waals surface area contributed by atoms with Gasteiger partial charge in [-0.3, -0.25) is 0 Å². The van der Waals surface area contributed by atoms with Crippen LogP contribution in [0.3, 0.4) is 0 Å². The summed E-state index contributed by atoms with van der Waals surface area (Å²) in [5.74, 6) is -2.04. The zero-order valence-electron chi connectivity index (χ0n) is 10.7. The number of hydrogen-bond acceptors (Lipinski definition) is 2. The summed E-state index contributed by atoms with van der Waals surface area (Å²) in [6.07, 6.45) is -4.59. The first kappa shape index (κ1) is 16.2. The highest BCUT2D eigenvalue weighted by Gasteiger charge is 2.61. The molecule has 0 aliphatic rings. The van der Waals surface area contributed by atoms with Crippen LogP contribution in [0.15, 0.2) is 43.0 Å². The molecule has 0 saturated heterocycles. The summed E-state index contributed by atoms with van der Waals surface area (Å²) < 4.78 is 44.1. The van der Waals surface area contributed by atoms with Crippen LogP contribution in [-0.2, 0) is 16.1 Å². The van der Waals surface area contributed by atoms with Gasteiger partial charge in [0.1, 0.15) is 0 Å². The zero-order chi connectivity index (χ0) is 15.2. The number of ether oxygens (including phenoxy) is 1. The lowest BCUT2D eigenvalue weighted by Crippen LogP contribution is -2.54. The second kappa shape index (κ2) is 6.56. The fourth-order valence-corrected chi connectivity index (χ4v) is 1.67. The summed E-state index contributed by atoms with van der Waals surface area (Å²) in [6, 6.07) is 8.11. The molecule has 1 aromatic carbocycles. The van der Waals surface area contributed by atoms with Gasteiger partial charge in [-0.1, -0.05) is 36.4 Å². The zero-order valence-corrected chi connectivity index (χ0v) is 10.7. The van der Waals surface area contributed by atoms with Crippen molar-refractivity contribution in [2.75, 3.05) is 0 Å². The minimum atomic E-state index is -5.00. The maximum absolute atomic E-state index is 13.1. The first-order valence-corrected chi connectivity index (χ1v) is 5.92. The van der Waals surface area contributed by atoms with Gasteiger partial charge in [0, 0.05) is 0 Å². The highest BCUT2D eigenvalue weighted by atomic mass is 19.4. The number of benzene rings is 1. The molecule has 6 heteroatoms. The number of rotatable bonds is 7. The molecule has 3 nitrogen and oxygen atoms in total. The molecule has 0 bridgehead atoms. The van der Waals surface area contributed by atoms with Crippen LogP contribution in [-0.4, -0.2) is 22.9 Å². The second-order valence-electron chi connectivity index (χ2n) is 4.23. The van der Waals surface area contributed by atoms with Crippen LogP contribution in [0.1, 0.15) is 18.4 Å². The largest absolute Gasteiger partial charge is 0.479 e. The molecule has 0 saturated carbocycles. The van der Waals surface area contributed by atoms with E-state index in [9.17, 15) is 18.0 Å². The van der Waals surface area contributed by atoms with Gasteiger partial charge in [0.25, 0.3) is 5.60 Å². The minimum absolute atomic E-state index is 0.111. The number of alkyl halides is 3. The Morgan fingerprint density at radius 2 is 1.90 bits per heavy atom. The molecular weight excluding hydrogens is 273 g/mol. The molecule has 0 radical (unpaired) electrons. The molecule has 0 amide bonds. The van der Waals surface area contributed by atoms with Gasteiger partial charge in [-0.15, -0.1) is 6.58 Å². The summed E-state index contributed by atoms with van der Waals surface area (Å²) in [5, 5.41) is 8.98. The standard InChI is InChI=1S/C14H15F3O3/c1-2-3-9-13(12(18)19,14(15,16)17)20-10-11-7-5-4-6-8-11/h2,4-8H,1,3,9-10H2,(H,18,19). The normalized spacial score (nSPS) is 14.6. The smallest absolute Gasteiger partial charge is 0.428 e. The fraction of sp³-hybridized carbons (Fsp3) is 0.357. The van der Waals surface area contributed by atoms with Crippen molar-refractivity contribution in [1.82, 2.24) is 0 Å². The van der Waals surface area contributed by atoms with E-state index in [4.69, 9.17) is 9.84 Å². The van der Waals surface area contributed by atoms with Crippen molar-refractivity contribution in [2.24, 2.45) is 0 Å². The lowest BCUT2D eigenvalue weighted by atomic mass is 9.96. The molecule has 110 valence electrons. The van der Waals surface area contributed by atoms with E-state index in [2.05, 4.69) is 6.58 Å². The first-order valence-electron chi connectivity index (χ1n) is 5.92. The molecule has 0 heterocycles. The van der Waals surface area contributed by atoms with E-state index < -0.39 is 30.8 Å².